The van der Waals surface area contributed by atoms with Crippen molar-refractivity contribution in [1.82, 2.24) is 0 Å². The molecule has 45 heavy (non-hydrogen) atoms. The van der Waals surface area contributed by atoms with Crippen molar-refractivity contribution in [1.29, 1.82) is 0 Å². The first kappa shape index (κ1) is 34.6. The molecule has 0 radical (unpaired) electrons. The molecule has 6 atom stereocenters. The molecule has 0 heterocycles. The number of allylic oxidation sites excluding steroid dienone is 1. The molecule has 0 amide bonds. The lowest BCUT2D eigenvalue weighted by molar-refractivity contribution is -0.199. The summed E-state index contributed by atoms with van der Waals surface area (Å²) in [6.45, 7) is 21.4. The highest BCUT2D eigenvalue weighted by atomic mass is 16.3. The fraction of sp³-hybridized carbons (Fsp3) is 0.622. The van der Waals surface area contributed by atoms with Gasteiger partial charge in [0.2, 0.25) is 5.78 Å². The van der Waals surface area contributed by atoms with Gasteiger partial charge < -0.3 is 20.4 Å². The van der Waals surface area contributed by atoms with Gasteiger partial charge in [-0.1, -0.05) is 82.2 Å². The number of phenols is 1. The summed E-state index contributed by atoms with van der Waals surface area (Å²) in [6.07, 6.45) is -0.00336. The van der Waals surface area contributed by atoms with Crippen molar-refractivity contribution in [3.8, 4) is 5.75 Å². The Morgan fingerprint density at radius 1 is 1.02 bits per heavy atom. The Hall–Kier alpha value is -3.26. The first-order valence-electron chi connectivity index (χ1n) is 16.1. The standard InChI is InChI=1S/C37H50O8/c1-13-20(39)14-23-35(11)18(6)24-21(16(2)3)15-22(34(8,9)10)29(40)26(24)31(42)28(35)33(44)37(45)32(43)25(19(7)38)30(41)27(17(4)5)36(23,37)12/h15-18,23,27,40,42-43,45H,13-14H2,1-12H3/t18-,23-,27?,35-,36-,37+/m1/s1. The van der Waals surface area contributed by atoms with Gasteiger partial charge in [0.05, 0.1) is 5.56 Å². The van der Waals surface area contributed by atoms with E-state index in [1.54, 1.807) is 34.6 Å². The van der Waals surface area contributed by atoms with E-state index in [1.165, 1.54) is 0 Å². The van der Waals surface area contributed by atoms with Crippen molar-refractivity contribution in [2.24, 2.45) is 28.6 Å². The second-order valence-corrected chi connectivity index (χ2v) is 15.6. The summed E-state index contributed by atoms with van der Waals surface area (Å²) in [5.74, 6) is -7.64. The van der Waals surface area contributed by atoms with E-state index in [4.69, 9.17) is 0 Å². The van der Waals surface area contributed by atoms with Crippen LogP contribution in [0.4, 0.5) is 0 Å². The van der Waals surface area contributed by atoms with Crippen LogP contribution in [0.25, 0.3) is 5.76 Å². The number of ketones is 4. The zero-order valence-electron chi connectivity index (χ0n) is 28.8. The lowest BCUT2D eigenvalue weighted by atomic mass is 9.37. The number of hydrogen-bond donors (Lipinski definition) is 4. The topological polar surface area (TPSA) is 149 Å². The molecule has 4 rings (SSSR count). The van der Waals surface area contributed by atoms with Crippen LogP contribution < -0.4 is 0 Å². The van der Waals surface area contributed by atoms with Crippen LogP contribution in [-0.4, -0.2) is 49.2 Å². The Morgan fingerprint density at radius 2 is 1.58 bits per heavy atom. The highest BCUT2D eigenvalue weighted by molar-refractivity contribution is 6.24. The van der Waals surface area contributed by atoms with E-state index in [2.05, 4.69) is 0 Å². The number of Topliss-reactive ketones (excluding diaryl/α,β-unsaturated/α-hetero) is 4. The number of aromatic hydroxyl groups is 1. The summed E-state index contributed by atoms with van der Waals surface area (Å²) in [7, 11) is 0. The minimum atomic E-state index is -2.81. The van der Waals surface area contributed by atoms with E-state index >= 15 is 4.79 Å². The highest BCUT2D eigenvalue weighted by Gasteiger charge is 2.77. The third-order valence-corrected chi connectivity index (χ3v) is 11.5. The van der Waals surface area contributed by atoms with Gasteiger partial charge in [-0.25, -0.2) is 0 Å². The molecular weight excluding hydrogens is 572 g/mol. The number of aliphatic hydroxyl groups is 3. The Kier molecular flexibility index (Phi) is 8.19. The molecule has 8 heteroatoms. The van der Waals surface area contributed by atoms with E-state index in [9.17, 15) is 34.8 Å². The molecule has 8 nitrogen and oxygen atoms in total. The van der Waals surface area contributed by atoms with Gasteiger partial charge in [0, 0.05) is 40.7 Å². The third kappa shape index (κ3) is 4.26. The molecule has 1 aromatic rings. The van der Waals surface area contributed by atoms with E-state index in [1.807, 2.05) is 47.6 Å². The van der Waals surface area contributed by atoms with Crippen LogP contribution >= 0.6 is 0 Å². The van der Waals surface area contributed by atoms with E-state index < -0.39 is 80.0 Å². The van der Waals surface area contributed by atoms with Gasteiger partial charge in [-0.2, -0.15) is 0 Å². The van der Waals surface area contributed by atoms with Gasteiger partial charge in [-0.05, 0) is 47.1 Å². The van der Waals surface area contributed by atoms with E-state index in [0.29, 0.717) is 11.1 Å². The van der Waals surface area contributed by atoms with Crippen molar-refractivity contribution in [3.63, 3.8) is 0 Å². The summed E-state index contributed by atoms with van der Waals surface area (Å²) in [5.41, 5.74) is -5.12. The first-order valence-corrected chi connectivity index (χ1v) is 16.1. The summed E-state index contributed by atoms with van der Waals surface area (Å²) in [4.78, 5) is 55.4. The second-order valence-electron chi connectivity index (χ2n) is 15.6. The minimum Gasteiger partial charge on any atom is -0.508 e. The monoisotopic (exact) mass is 622 g/mol. The zero-order chi connectivity index (χ0) is 34.5. The molecule has 1 aromatic carbocycles. The molecule has 4 N–H and O–H groups in total. The molecule has 0 bridgehead atoms. The van der Waals surface area contributed by atoms with Gasteiger partial charge in [0.15, 0.2) is 17.2 Å². The molecule has 246 valence electrons. The first-order chi connectivity index (χ1) is 20.5. The van der Waals surface area contributed by atoms with Gasteiger partial charge in [-0.15, -0.1) is 0 Å². The molecule has 0 aromatic heterocycles. The Balaban J connectivity index is 2.30. The lowest BCUT2D eigenvalue weighted by Gasteiger charge is -2.65. The molecule has 0 spiro atoms. The fourth-order valence-corrected chi connectivity index (χ4v) is 9.15. The third-order valence-electron chi connectivity index (χ3n) is 11.5. The highest BCUT2D eigenvalue weighted by Crippen LogP contribution is 2.71. The Morgan fingerprint density at radius 3 is 2.02 bits per heavy atom. The van der Waals surface area contributed by atoms with Crippen molar-refractivity contribution in [2.75, 3.05) is 0 Å². The maximum Gasteiger partial charge on any atom is 0.203 e. The van der Waals surface area contributed by atoms with E-state index in [-0.39, 0.29) is 41.4 Å². The van der Waals surface area contributed by atoms with Crippen LogP contribution in [0, 0.1) is 28.6 Å². The van der Waals surface area contributed by atoms with Gasteiger partial charge in [0.1, 0.15) is 28.6 Å². The lowest BCUT2D eigenvalue weighted by Crippen LogP contribution is -2.73. The van der Waals surface area contributed by atoms with Crippen molar-refractivity contribution in [3.05, 3.63) is 45.2 Å². The Labute approximate surface area is 266 Å². The molecular formula is C37H50O8. The SMILES string of the molecule is CCC(=O)C[C@@H]1[C@]2(C)C(=C(O)c3c(O)c(C(C)(C)C)cc(C(C)C)c3[C@H]2C)C(=O)[C@@]2(O)C(O)=C(C(C)=O)C(=O)C(C(C)C)[C@@]12C. The molecule has 0 saturated heterocycles. The fourth-order valence-electron chi connectivity index (χ4n) is 9.15. The molecule has 1 fully saturated rings. The second kappa shape index (κ2) is 10.6. The van der Waals surface area contributed by atoms with Crippen LogP contribution in [0.15, 0.2) is 23.0 Å². The number of rotatable bonds is 6. The number of hydrogen-bond acceptors (Lipinski definition) is 8. The summed E-state index contributed by atoms with van der Waals surface area (Å²) in [5, 5.41) is 48.4. The summed E-state index contributed by atoms with van der Waals surface area (Å²) >= 11 is 0. The largest absolute Gasteiger partial charge is 0.508 e. The number of carbonyl (C=O) groups is 4. The number of fused-ring (bicyclic) bond motifs is 3. The van der Waals surface area contributed by atoms with Crippen molar-refractivity contribution >= 4 is 28.9 Å². The molecule has 3 aliphatic rings. The maximum absolute atomic E-state index is 15.0. The van der Waals surface area contributed by atoms with Crippen LogP contribution in [0.1, 0.15) is 130 Å². The average Bonchev–Trinajstić information content (AvgIpc) is 2.90. The Bertz CT molecular complexity index is 1580. The smallest absolute Gasteiger partial charge is 0.203 e. The van der Waals surface area contributed by atoms with Crippen molar-refractivity contribution < 1.29 is 39.6 Å². The zero-order valence-corrected chi connectivity index (χ0v) is 28.8. The number of phenolic OH excluding ortho intramolecular Hbond substituents is 1. The van der Waals surface area contributed by atoms with Gasteiger partial charge in [0.25, 0.3) is 0 Å². The summed E-state index contributed by atoms with van der Waals surface area (Å²) < 4.78 is 0. The molecule has 3 aliphatic carbocycles. The van der Waals surface area contributed by atoms with E-state index in [0.717, 1.165) is 12.5 Å². The van der Waals surface area contributed by atoms with Crippen LogP contribution in [0.3, 0.4) is 0 Å². The predicted octanol–water partition coefficient (Wildman–Crippen LogP) is 6.77. The van der Waals surface area contributed by atoms with Crippen LogP contribution in [0.2, 0.25) is 0 Å². The van der Waals surface area contributed by atoms with Crippen molar-refractivity contribution in [2.45, 2.75) is 119 Å². The van der Waals surface area contributed by atoms with Crippen LogP contribution in [0.5, 0.6) is 5.75 Å². The maximum atomic E-state index is 15.0. The molecule has 1 unspecified atom stereocenters. The number of carbonyl (C=O) groups excluding carboxylic acids is 4. The number of aliphatic hydroxyl groups excluding tert-OH is 2. The quantitative estimate of drug-likeness (QED) is 0.254. The minimum absolute atomic E-state index is 0.0480. The van der Waals surface area contributed by atoms with Gasteiger partial charge in [-0.3, -0.25) is 19.2 Å². The molecule has 1 saturated carbocycles. The predicted molar refractivity (Wildman–Crippen MR) is 172 cm³/mol. The van der Waals surface area contributed by atoms with Crippen LogP contribution in [-0.2, 0) is 24.6 Å². The average molecular weight is 623 g/mol. The normalized spacial score (nSPS) is 31.8. The molecule has 0 aliphatic heterocycles. The summed E-state index contributed by atoms with van der Waals surface area (Å²) in [6, 6.07) is 1.95. The number of benzene rings is 1. The van der Waals surface area contributed by atoms with Gasteiger partial charge >= 0.3 is 0 Å².